The van der Waals surface area contributed by atoms with E-state index >= 15 is 0 Å². The number of aliphatic hydroxyl groups is 2. The third-order valence-corrected chi connectivity index (χ3v) is 3.26. The Morgan fingerprint density at radius 3 is 2.12 bits per heavy atom. The Hall–Kier alpha value is -0.990. The summed E-state index contributed by atoms with van der Waals surface area (Å²) in [6.45, 7) is 12.1. The summed E-state index contributed by atoms with van der Waals surface area (Å²) in [5.41, 5.74) is 0.176. The number of hydrogen-bond acceptors (Lipinski definition) is 6. The van der Waals surface area contributed by atoms with Crippen LogP contribution in [0.15, 0.2) is 12.2 Å². The fourth-order valence-electron chi connectivity index (χ4n) is 1.57. The van der Waals surface area contributed by atoms with Crippen molar-refractivity contribution in [1.82, 2.24) is 0 Å². The average molecular weight is 379 g/mol. The molecule has 0 rings (SSSR count). The van der Waals surface area contributed by atoms with Gasteiger partial charge in [-0.25, -0.2) is 4.79 Å². The van der Waals surface area contributed by atoms with Crippen LogP contribution in [0.2, 0.25) is 0 Å². The molecule has 7 nitrogen and oxygen atoms in total. The molecular formula is C19H38O7. The van der Waals surface area contributed by atoms with Crippen molar-refractivity contribution in [1.29, 1.82) is 0 Å². The van der Waals surface area contributed by atoms with Crippen LogP contribution in [0.5, 0.6) is 0 Å². The van der Waals surface area contributed by atoms with E-state index < -0.39 is 12.1 Å². The summed E-state index contributed by atoms with van der Waals surface area (Å²) in [6.07, 6.45) is 3.79. The molecule has 0 fully saturated rings. The van der Waals surface area contributed by atoms with E-state index in [9.17, 15) is 9.90 Å². The number of hydrogen-bond donors (Lipinski definition) is 3. The highest BCUT2D eigenvalue weighted by Crippen LogP contribution is 2.01. The Morgan fingerprint density at radius 2 is 1.62 bits per heavy atom. The van der Waals surface area contributed by atoms with E-state index in [1.165, 1.54) is 26.2 Å². The highest BCUT2D eigenvalue weighted by atomic mass is 16.5. The molecule has 156 valence electrons. The Labute approximate surface area is 158 Å². The fourth-order valence-corrected chi connectivity index (χ4v) is 1.57. The van der Waals surface area contributed by atoms with Gasteiger partial charge in [0.1, 0.15) is 6.10 Å². The maximum Gasteiger partial charge on any atom is 0.330 e. The molecule has 0 spiro atoms. The smallest absolute Gasteiger partial charge is 0.330 e. The van der Waals surface area contributed by atoms with E-state index in [0.717, 1.165) is 6.42 Å². The van der Waals surface area contributed by atoms with Crippen molar-refractivity contribution in [3.63, 3.8) is 0 Å². The largest absolute Gasteiger partial charge is 0.478 e. The lowest BCUT2D eigenvalue weighted by molar-refractivity contribution is -0.132. The maximum atomic E-state index is 9.69. The summed E-state index contributed by atoms with van der Waals surface area (Å²) in [7, 11) is 0. The lowest BCUT2D eigenvalue weighted by atomic mass is 10.2. The Kier molecular flexibility index (Phi) is 19.7. The van der Waals surface area contributed by atoms with Gasteiger partial charge in [0.25, 0.3) is 0 Å². The van der Waals surface area contributed by atoms with Crippen LogP contribution in [0, 0.1) is 0 Å². The number of ether oxygens (including phenoxy) is 3. The molecule has 3 unspecified atom stereocenters. The molecule has 0 amide bonds. The Bertz CT molecular complexity index is 335. The fraction of sp³-hybridized carbons (Fsp3) is 0.842. The maximum absolute atomic E-state index is 9.69. The quantitative estimate of drug-likeness (QED) is 0.297. The Morgan fingerprint density at radius 1 is 1.04 bits per heavy atom. The van der Waals surface area contributed by atoms with Crippen LogP contribution in [0.4, 0.5) is 0 Å². The predicted molar refractivity (Wildman–Crippen MR) is 101 cm³/mol. The van der Waals surface area contributed by atoms with E-state index in [2.05, 4.69) is 13.5 Å². The van der Waals surface area contributed by atoms with Gasteiger partial charge in [0.15, 0.2) is 0 Å². The van der Waals surface area contributed by atoms with Gasteiger partial charge in [-0.15, -0.1) is 0 Å². The third-order valence-electron chi connectivity index (χ3n) is 3.26. The molecule has 0 aromatic rings. The van der Waals surface area contributed by atoms with Gasteiger partial charge in [-0.2, -0.15) is 0 Å². The second-order valence-corrected chi connectivity index (χ2v) is 6.35. The van der Waals surface area contributed by atoms with Gasteiger partial charge in [0.05, 0.1) is 38.6 Å². The Balaban J connectivity index is 0. The molecule has 0 saturated carbocycles. The molecule has 0 radical (unpaired) electrons. The number of rotatable bonds is 15. The van der Waals surface area contributed by atoms with E-state index in [0.29, 0.717) is 19.8 Å². The molecule has 0 aromatic heterocycles. The van der Waals surface area contributed by atoms with Gasteiger partial charge in [-0.3, -0.25) is 0 Å². The van der Waals surface area contributed by atoms with Gasteiger partial charge in [0.2, 0.25) is 0 Å². The third kappa shape index (κ3) is 21.1. The summed E-state index contributed by atoms with van der Waals surface area (Å²) >= 11 is 0. The number of carboxylic acid groups (broad SMARTS) is 1. The minimum absolute atomic E-state index is 0.00121. The number of carboxylic acids is 1. The summed E-state index contributed by atoms with van der Waals surface area (Å²) in [5.74, 6) is -0.935. The molecule has 3 atom stereocenters. The van der Waals surface area contributed by atoms with E-state index in [-0.39, 0.29) is 31.0 Å². The first kappa shape index (κ1) is 27.2. The van der Waals surface area contributed by atoms with Crippen LogP contribution < -0.4 is 0 Å². The second-order valence-electron chi connectivity index (χ2n) is 6.35. The van der Waals surface area contributed by atoms with Gasteiger partial charge in [-0.1, -0.05) is 32.8 Å². The summed E-state index contributed by atoms with van der Waals surface area (Å²) in [5, 5.41) is 26.4. The lowest BCUT2D eigenvalue weighted by Crippen LogP contribution is -2.28. The molecule has 26 heavy (non-hydrogen) atoms. The van der Waals surface area contributed by atoms with Crippen LogP contribution >= 0.6 is 0 Å². The van der Waals surface area contributed by atoms with Gasteiger partial charge < -0.3 is 29.5 Å². The van der Waals surface area contributed by atoms with Gasteiger partial charge in [-0.05, 0) is 27.2 Å². The number of aliphatic hydroxyl groups excluding tert-OH is 2. The minimum atomic E-state index is -0.935. The van der Waals surface area contributed by atoms with E-state index in [1.54, 1.807) is 6.92 Å². The zero-order chi connectivity index (χ0) is 20.4. The zero-order valence-corrected chi connectivity index (χ0v) is 16.8. The lowest BCUT2D eigenvalue weighted by Gasteiger charge is -2.18. The normalized spacial score (nSPS) is 14.1. The first-order valence-corrected chi connectivity index (χ1v) is 9.23. The molecule has 0 aliphatic heterocycles. The summed E-state index contributed by atoms with van der Waals surface area (Å²) < 4.78 is 16.2. The molecule has 0 aliphatic carbocycles. The van der Waals surface area contributed by atoms with Crippen molar-refractivity contribution in [3.05, 3.63) is 12.2 Å². The second kappa shape index (κ2) is 18.8. The van der Waals surface area contributed by atoms with E-state index in [1.807, 2.05) is 6.92 Å². The molecule has 0 saturated heterocycles. The van der Waals surface area contributed by atoms with Gasteiger partial charge >= 0.3 is 5.97 Å². The van der Waals surface area contributed by atoms with Gasteiger partial charge in [0, 0.05) is 12.2 Å². The van der Waals surface area contributed by atoms with E-state index in [4.69, 9.17) is 24.4 Å². The van der Waals surface area contributed by atoms with Crippen LogP contribution in [0.3, 0.4) is 0 Å². The average Bonchev–Trinajstić information content (AvgIpc) is 2.61. The molecule has 0 heterocycles. The summed E-state index contributed by atoms with van der Waals surface area (Å²) in [6, 6.07) is 0. The molecular weight excluding hydrogens is 340 g/mol. The SMILES string of the molecule is C=C(C)C(=O)O.CCCCCCOCC(O)COC(C)COC(C)CO. The number of carbonyl (C=O) groups is 1. The molecule has 0 bridgehead atoms. The first-order chi connectivity index (χ1) is 12.2. The first-order valence-electron chi connectivity index (χ1n) is 9.23. The van der Waals surface area contributed by atoms with Crippen molar-refractivity contribution in [2.75, 3.05) is 33.0 Å². The zero-order valence-electron chi connectivity index (χ0n) is 16.8. The standard InChI is InChI=1S/C15H32O5.C4H6O2/c1-4-5-6-7-8-18-11-15(17)12-20-14(3)10-19-13(2)9-16;1-3(2)4(5)6/h13-17H,4-12H2,1-3H3;1H2,2H3,(H,5,6). The van der Waals surface area contributed by atoms with Crippen LogP contribution in [-0.4, -0.2) is 72.6 Å². The van der Waals surface area contributed by atoms with Crippen molar-refractivity contribution in [2.45, 2.75) is 71.7 Å². The number of aliphatic carboxylic acids is 1. The highest BCUT2D eigenvalue weighted by molar-refractivity contribution is 5.84. The van der Waals surface area contributed by atoms with Crippen molar-refractivity contribution in [2.24, 2.45) is 0 Å². The summed E-state index contributed by atoms with van der Waals surface area (Å²) in [4.78, 5) is 9.60. The molecule has 0 aliphatic rings. The number of unbranched alkanes of at least 4 members (excludes halogenated alkanes) is 3. The van der Waals surface area contributed by atoms with Crippen molar-refractivity contribution in [3.8, 4) is 0 Å². The van der Waals surface area contributed by atoms with Crippen LogP contribution in [0.1, 0.15) is 53.4 Å². The highest BCUT2D eigenvalue weighted by Gasteiger charge is 2.10. The van der Waals surface area contributed by atoms with Crippen molar-refractivity contribution >= 4 is 5.97 Å². The topological polar surface area (TPSA) is 105 Å². The van der Waals surface area contributed by atoms with Crippen molar-refractivity contribution < 1.29 is 34.3 Å². The minimum Gasteiger partial charge on any atom is -0.478 e. The molecule has 3 N–H and O–H groups in total. The van der Waals surface area contributed by atoms with Crippen LogP contribution in [0.25, 0.3) is 0 Å². The monoisotopic (exact) mass is 378 g/mol. The predicted octanol–water partition coefficient (Wildman–Crippen LogP) is 2.39. The molecule has 7 heteroatoms. The molecule has 0 aromatic carbocycles. The van der Waals surface area contributed by atoms with Crippen LogP contribution in [-0.2, 0) is 19.0 Å².